The summed E-state index contributed by atoms with van der Waals surface area (Å²) < 4.78 is 9.81. The number of hydrogen-bond acceptors (Lipinski definition) is 4. The Hall–Kier alpha value is -2.23. The van der Waals surface area contributed by atoms with Crippen LogP contribution in [0.3, 0.4) is 0 Å². The van der Waals surface area contributed by atoms with E-state index >= 15 is 0 Å². The minimum atomic E-state index is -0.457. The summed E-state index contributed by atoms with van der Waals surface area (Å²) in [5.74, 6) is 0.310. The van der Waals surface area contributed by atoms with Gasteiger partial charge in [0.05, 0.1) is 13.4 Å². The van der Waals surface area contributed by atoms with E-state index in [9.17, 15) is 4.79 Å². The molecule has 4 heteroatoms. The van der Waals surface area contributed by atoms with Gasteiger partial charge in [0, 0.05) is 17.8 Å². The van der Waals surface area contributed by atoms with E-state index < -0.39 is 5.97 Å². The third-order valence-corrected chi connectivity index (χ3v) is 3.18. The number of nitrogens with one attached hydrogen (secondary N) is 1. The quantitative estimate of drug-likeness (QED) is 0.842. The summed E-state index contributed by atoms with van der Waals surface area (Å²) in [6, 6.07) is 10.0. The second kappa shape index (κ2) is 6.28. The molecule has 1 heterocycles. The molecule has 0 radical (unpaired) electrons. The lowest BCUT2D eigenvalue weighted by molar-refractivity contribution is 0.0563. The topological polar surface area (TPSA) is 51.5 Å². The van der Waals surface area contributed by atoms with Gasteiger partial charge in [-0.05, 0) is 29.7 Å². The Morgan fingerprint density at radius 2 is 1.95 bits per heavy atom. The van der Waals surface area contributed by atoms with Gasteiger partial charge in [-0.2, -0.15) is 0 Å². The van der Waals surface area contributed by atoms with Gasteiger partial charge in [0.25, 0.3) is 0 Å². The van der Waals surface area contributed by atoms with Crippen LogP contribution in [0.1, 0.15) is 41.4 Å². The van der Waals surface area contributed by atoms with Gasteiger partial charge in [-0.25, -0.2) is 4.79 Å². The molecule has 0 atom stereocenters. The maximum atomic E-state index is 11.5. The van der Waals surface area contributed by atoms with Crippen LogP contribution in [-0.4, -0.2) is 13.1 Å². The van der Waals surface area contributed by atoms with E-state index in [0.29, 0.717) is 12.5 Å². The van der Waals surface area contributed by atoms with Crippen LogP contribution in [0.5, 0.6) is 0 Å². The zero-order chi connectivity index (χ0) is 14.5. The molecule has 1 aromatic carbocycles. The van der Waals surface area contributed by atoms with Gasteiger partial charge in [0.15, 0.2) is 0 Å². The number of furan rings is 1. The van der Waals surface area contributed by atoms with Gasteiger partial charge < -0.3 is 14.5 Å². The van der Waals surface area contributed by atoms with Crippen molar-refractivity contribution < 1.29 is 13.9 Å². The van der Waals surface area contributed by atoms with Crippen molar-refractivity contribution in [1.82, 2.24) is 0 Å². The third kappa shape index (κ3) is 3.20. The summed E-state index contributed by atoms with van der Waals surface area (Å²) in [5.41, 5.74) is 3.09. The lowest BCUT2D eigenvalue weighted by Gasteiger charge is -2.09. The van der Waals surface area contributed by atoms with E-state index in [1.807, 2.05) is 12.1 Å². The second-order valence-electron chi connectivity index (χ2n) is 4.90. The van der Waals surface area contributed by atoms with E-state index in [2.05, 4.69) is 36.0 Å². The first-order valence-electron chi connectivity index (χ1n) is 6.60. The zero-order valence-electron chi connectivity index (χ0n) is 12.0. The molecular weight excluding hydrogens is 254 g/mol. The van der Waals surface area contributed by atoms with Crippen molar-refractivity contribution in [1.29, 1.82) is 0 Å². The maximum Gasteiger partial charge on any atom is 0.374 e. The first-order chi connectivity index (χ1) is 9.61. The molecule has 1 aromatic heterocycles. The Balaban J connectivity index is 2.02. The summed E-state index contributed by atoms with van der Waals surface area (Å²) in [6.07, 6.45) is 1.49. The third-order valence-electron chi connectivity index (χ3n) is 3.18. The molecule has 0 aliphatic heterocycles. The highest BCUT2D eigenvalue weighted by Gasteiger charge is 2.15. The number of anilines is 1. The molecule has 20 heavy (non-hydrogen) atoms. The van der Waals surface area contributed by atoms with Crippen LogP contribution in [0.15, 0.2) is 41.0 Å². The molecule has 0 amide bonds. The van der Waals surface area contributed by atoms with Gasteiger partial charge >= 0.3 is 5.97 Å². The Bertz CT molecular complexity index is 570. The van der Waals surface area contributed by atoms with Crippen LogP contribution in [0.25, 0.3) is 0 Å². The van der Waals surface area contributed by atoms with Crippen LogP contribution in [0.2, 0.25) is 0 Å². The van der Waals surface area contributed by atoms with Crippen LogP contribution in [-0.2, 0) is 11.3 Å². The second-order valence-corrected chi connectivity index (χ2v) is 4.90. The molecule has 0 fully saturated rings. The predicted molar refractivity (Wildman–Crippen MR) is 77.9 cm³/mol. The number of rotatable bonds is 5. The van der Waals surface area contributed by atoms with Crippen molar-refractivity contribution in [3.8, 4) is 0 Å². The lowest BCUT2D eigenvalue weighted by Crippen LogP contribution is -2.06. The molecule has 0 bridgehead atoms. The number of methoxy groups -OCH3 is 1. The minimum absolute atomic E-state index is 0.249. The molecule has 0 saturated carbocycles. The van der Waals surface area contributed by atoms with Gasteiger partial charge in [-0.1, -0.05) is 26.0 Å². The van der Waals surface area contributed by atoms with Crippen molar-refractivity contribution in [3.05, 3.63) is 53.5 Å². The SMILES string of the molecule is COC(=O)c1occc1CNc1ccc(C(C)C)cc1. The molecule has 4 nitrogen and oxygen atoms in total. The molecule has 0 aliphatic rings. The molecule has 106 valence electrons. The normalized spacial score (nSPS) is 10.6. The summed E-state index contributed by atoms with van der Waals surface area (Å²) in [5, 5.41) is 3.26. The van der Waals surface area contributed by atoms with Crippen molar-refractivity contribution >= 4 is 11.7 Å². The fraction of sp³-hybridized carbons (Fsp3) is 0.312. The highest BCUT2D eigenvalue weighted by molar-refractivity contribution is 5.87. The van der Waals surface area contributed by atoms with E-state index in [1.54, 1.807) is 6.07 Å². The van der Waals surface area contributed by atoms with E-state index in [1.165, 1.54) is 18.9 Å². The monoisotopic (exact) mass is 273 g/mol. The molecule has 0 unspecified atom stereocenters. The first-order valence-corrected chi connectivity index (χ1v) is 6.60. The van der Waals surface area contributed by atoms with Crippen molar-refractivity contribution in [2.75, 3.05) is 12.4 Å². The summed E-state index contributed by atoms with van der Waals surface area (Å²) in [6.45, 7) is 4.84. The number of benzene rings is 1. The highest BCUT2D eigenvalue weighted by Crippen LogP contribution is 2.19. The maximum absolute atomic E-state index is 11.5. The Morgan fingerprint density at radius 3 is 2.55 bits per heavy atom. The number of carbonyl (C=O) groups is 1. The standard InChI is InChI=1S/C16H19NO3/c1-11(2)12-4-6-14(7-5-12)17-10-13-8-9-20-15(13)16(18)19-3/h4-9,11,17H,10H2,1-3H3. The highest BCUT2D eigenvalue weighted by atomic mass is 16.5. The number of ether oxygens (including phenoxy) is 1. The van der Waals surface area contributed by atoms with Crippen molar-refractivity contribution in [2.24, 2.45) is 0 Å². The lowest BCUT2D eigenvalue weighted by atomic mass is 10.0. The van der Waals surface area contributed by atoms with Gasteiger partial charge in [-0.15, -0.1) is 0 Å². The van der Waals surface area contributed by atoms with Gasteiger partial charge in [0.1, 0.15) is 0 Å². The predicted octanol–water partition coefficient (Wildman–Crippen LogP) is 3.80. The molecular formula is C16H19NO3. The first kappa shape index (κ1) is 14.2. The van der Waals surface area contributed by atoms with Crippen LogP contribution >= 0.6 is 0 Å². The largest absolute Gasteiger partial charge is 0.463 e. The fourth-order valence-corrected chi connectivity index (χ4v) is 1.93. The van der Waals surface area contributed by atoms with Crippen LogP contribution in [0.4, 0.5) is 5.69 Å². The van der Waals surface area contributed by atoms with Crippen molar-refractivity contribution in [3.63, 3.8) is 0 Å². The average Bonchev–Trinajstić information content (AvgIpc) is 2.93. The smallest absolute Gasteiger partial charge is 0.374 e. The molecule has 0 saturated heterocycles. The Labute approximate surface area is 118 Å². The molecule has 2 rings (SSSR count). The molecule has 2 aromatic rings. The summed E-state index contributed by atoms with van der Waals surface area (Å²) >= 11 is 0. The number of carbonyl (C=O) groups excluding carboxylic acids is 1. The average molecular weight is 273 g/mol. The molecule has 0 spiro atoms. The molecule has 0 aliphatic carbocycles. The van der Waals surface area contributed by atoms with E-state index in [-0.39, 0.29) is 5.76 Å². The summed E-state index contributed by atoms with van der Waals surface area (Å²) in [4.78, 5) is 11.5. The fourth-order valence-electron chi connectivity index (χ4n) is 1.93. The number of hydrogen-bond donors (Lipinski definition) is 1. The number of esters is 1. The van der Waals surface area contributed by atoms with Crippen LogP contribution < -0.4 is 5.32 Å². The van der Waals surface area contributed by atoms with E-state index in [4.69, 9.17) is 4.42 Å². The van der Waals surface area contributed by atoms with E-state index in [0.717, 1.165) is 11.3 Å². The zero-order valence-corrected chi connectivity index (χ0v) is 12.0. The minimum Gasteiger partial charge on any atom is -0.463 e. The Kier molecular flexibility index (Phi) is 4.45. The van der Waals surface area contributed by atoms with Gasteiger partial charge in [0.2, 0.25) is 5.76 Å². The van der Waals surface area contributed by atoms with Gasteiger partial charge in [-0.3, -0.25) is 0 Å². The van der Waals surface area contributed by atoms with Crippen molar-refractivity contribution in [2.45, 2.75) is 26.3 Å². The van der Waals surface area contributed by atoms with Crippen LogP contribution in [0, 0.1) is 0 Å². The summed E-state index contributed by atoms with van der Waals surface area (Å²) in [7, 11) is 1.34. The Morgan fingerprint density at radius 1 is 1.25 bits per heavy atom. The molecule has 1 N–H and O–H groups in total.